The molecule has 106 valence electrons. The number of hydrogen-bond acceptors (Lipinski definition) is 3. The average Bonchev–Trinajstić information content (AvgIpc) is 2.49. The predicted molar refractivity (Wildman–Crippen MR) is 82.0 cm³/mol. The van der Waals surface area contributed by atoms with Crippen LogP contribution in [0.15, 0.2) is 54.6 Å². The Kier molecular flexibility index (Phi) is 3.64. The molecular weight excluding hydrogens is 288 g/mol. The number of benzene rings is 2. The number of carbonyl (C=O) groups excluding carboxylic acids is 1. The Labute approximate surface area is 127 Å². The summed E-state index contributed by atoms with van der Waals surface area (Å²) in [6.45, 7) is 0. The van der Waals surface area contributed by atoms with Crippen LogP contribution in [0.25, 0.3) is 11.3 Å². The minimum atomic E-state index is -1.11. The topological polar surface area (TPSA) is 61.4 Å². The van der Waals surface area contributed by atoms with Crippen LogP contribution < -0.4 is 10.6 Å². The maximum atomic E-state index is 12.3. The summed E-state index contributed by atoms with van der Waals surface area (Å²) in [5, 5.41) is 15.7. The maximum absolute atomic E-state index is 12.3. The summed E-state index contributed by atoms with van der Waals surface area (Å²) < 4.78 is 0. The minimum Gasteiger partial charge on any atom is -0.356 e. The van der Waals surface area contributed by atoms with Gasteiger partial charge in [-0.25, -0.2) is 0 Å². The zero-order valence-electron chi connectivity index (χ0n) is 11.0. The molecule has 1 heterocycles. The molecule has 2 aromatic rings. The number of nitrogens with one attached hydrogen (secondary N) is 2. The molecule has 0 fully saturated rings. The van der Waals surface area contributed by atoms with Gasteiger partial charge in [0.2, 0.25) is 6.35 Å². The molecule has 5 heteroatoms. The lowest BCUT2D eigenvalue weighted by Crippen LogP contribution is -2.49. The van der Waals surface area contributed by atoms with Gasteiger partial charge in [-0.3, -0.25) is 4.79 Å². The molecule has 0 saturated heterocycles. The van der Waals surface area contributed by atoms with Gasteiger partial charge in [0.15, 0.2) is 0 Å². The monoisotopic (exact) mass is 300 g/mol. The first-order chi connectivity index (χ1) is 10.1. The Morgan fingerprint density at radius 3 is 2.24 bits per heavy atom. The zero-order valence-corrected chi connectivity index (χ0v) is 11.8. The van der Waals surface area contributed by atoms with Crippen LogP contribution in [0, 0.1) is 0 Å². The van der Waals surface area contributed by atoms with E-state index in [2.05, 4.69) is 10.6 Å². The summed E-state index contributed by atoms with van der Waals surface area (Å²) in [5.41, 5.74) is 2.63. The quantitative estimate of drug-likeness (QED) is 0.797. The van der Waals surface area contributed by atoms with Gasteiger partial charge in [-0.15, -0.1) is 0 Å². The Balaban J connectivity index is 2.18. The summed E-state index contributed by atoms with van der Waals surface area (Å²) in [6, 6.07) is 16.4. The molecule has 3 rings (SSSR count). The highest BCUT2D eigenvalue weighted by Crippen LogP contribution is 2.28. The smallest absolute Gasteiger partial charge is 0.257 e. The molecular formula is C16H13ClN2O2. The number of hydrogen-bond donors (Lipinski definition) is 3. The van der Waals surface area contributed by atoms with Gasteiger partial charge < -0.3 is 15.7 Å². The van der Waals surface area contributed by atoms with Gasteiger partial charge in [0.25, 0.3) is 5.91 Å². The summed E-state index contributed by atoms with van der Waals surface area (Å²) in [4.78, 5) is 12.3. The number of aliphatic hydroxyl groups excluding tert-OH is 1. The van der Waals surface area contributed by atoms with Crippen LogP contribution >= 0.6 is 11.6 Å². The molecule has 2 aromatic carbocycles. The van der Waals surface area contributed by atoms with Crippen molar-refractivity contribution in [3.63, 3.8) is 0 Å². The molecule has 0 aromatic heterocycles. The lowest BCUT2D eigenvalue weighted by atomic mass is 9.97. The van der Waals surface area contributed by atoms with Gasteiger partial charge in [0.05, 0.1) is 11.3 Å². The lowest BCUT2D eigenvalue weighted by Gasteiger charge is -2.27. The second kappa shape index (κ2) is 5.60. The lowest BCUT2D eigenvalue weighted by molar-refractivity contribution is -0.119. The van der Waals surface area contributed by atoms with Gasteiger partial charge in [-0.1, -0.05) is 54.1 Å². The van der Waals surface area contributed by atoms with Crippen molar-refractivity contribution in [1.82, 2.24) is 10.6 Å². The van der Waals surface area contributed by atoms with E-state index in [1.54, 1.807) is 24.3 Å². The molecule has 1 amide bonds. The van der Waals surface area contributed by atoms with E-state index in [1.807, 2.05) is 30.3 Å². The summed E-state index contributed by atoms with van der Waals surface area (Å²) in [7, 11) is 0. The largest absolute Gasteiger partial charge is 0.356 e. The molecule has 1 unspecified atom stereocenters. The van der Waals surface area contributed by atoms with Crippen molar-refractivity contribution in [2.75, 3.05) is 0 Å². The van der Waals surface area contributed by atoms with Crippen LogP contribution in [0.3, 0.4) is 0 Å². The molecule has 0 bridgehead atoms. The van der Waals surface area contributed by atoms with Crippen LogP contribution in [-0.4, -0.2) is 17.4 Å². The summed E-state index contributed by atoms with van der Waals surface area (Å²) >= 11 is 5.89. The fraction of sp³-hybridized carbons (Fsp3) is 0.0625. The standard InChI is InChI=1S/C16H13ClN2O2/c17-12-8-6-10(7-9-12)13-14(11-4-2-1-3-5-11)18-16(21)19-15(13)20/h1-9,16,18,21H,(H,19,20). The third kappa shape index (κ3) is 2.77. The van der Waals surface area contributed by atoms with Crippen LogP contribution in [-0.2, 0) is 4.79 Å². The Morgan fingerprint density at radius 1 is 0.905 bits per heavy atom. The van der Waals surface area contributed by atoms with E-state index in [0.29, 0.717) is 16.3 Å². The number of aliphatic hydroxyl groups is 1. The molecule has 0 aliphatic carbocycles. The van der Waals surface area contributed by atoms with Crippen molar-refractivity contribution < 1.29 is 9.90 Å². The number of rotatable bonds is 2. The molecule has 0 radical (unpaired) electrons. The van der Waals surface area contributed by atoms with E-state index in [9.17, 15) is 9.90 Å². The van der Waals surface area contributed by atoms with Gasteiger partial charge >= 0.3 is 0 Å². The van der Waals surface area contributed by atoms with Crippen LogP contribution in [0.5, 0.6) is 0 Å². The molecule has 21 heavy (non-hydrogen) atoms. The van der Waals surface area contributed by atoms with Crippen molar-refractivity contribution in [3.8, 4) is 0 Å². The third-order valence-corrected chi connectivity index (χ3v) is 3.47. The number of carbonyl (C=O) groups is 1. The zero-order chi connectivity index (χ0) is 14.8. The summed E-state index contributed by atoms with van der Waals surface area (Å²) in [6.07, 6.45) is -1.11. The highest BCUT2D eigenvalue weighted by molar-refractivity contribution is 6.31. The van der Waals surface area contributed by atoms with Crippen LogP contribution in [0.2, 0.25) is 5.02 Å². The minimum absolute atomic E-state index is 0.331. The Bertz CT molecular complexity index is 696. The summed E-state index contributed by atoms with van der Waals surface area (Å²) in [5.74, 6) is -0.331. The van der Waals surface area contributed by atoms with Crippen molar-refractivity contribution in [2.45, 2.75) is 6.35 Å². The Hall–Kier alpha value is -2.30. The van der Waals surface area contributed by atoms with Crippen molar-refractivity contribution in [1.29, 1.82) is 0 Å². The van der Waals surface area contributed by atoms with E-state index in [-0.39, 0.29) is 5.91 Å². The molecule has 0 saturated carbocycles. The second-order valence-electron chi connectivity index (χ2n) is 4.64. The first-order valence-electron chi connectivity index (χ1n) is 6.46. The van der Waals surface area contributed by atoms with Gasteiger partial charge in [-0.05, 0) is 23.3 Å². The number of amides is 1. The predicted octanol–water partition coefficient (Wildman–Crippen LogP) is 2.20. The highest BCUT2D eigenvalue weighted by atomic mass is 35.5. The first kappa shape index (κ1) is 13.7. The number of halogens is 1. The molecule has 3 N–H and O–H groups in total. The normalized spacial score (nSPS) is 18.2. The fourth-order valence-electron chi connectivity index (χ4n) is 2.28. The van der Waals surface area contributed by atoms with Crippen molar-refractivity contribution >= 4 is 28.8 Å². The molecule has 4 nitrogen and oxygen atoms in total. The van der Waals surface area contributed by atoms with Crippen LogP contribution in [0.1, 0.15) is 11.1 Å². The molecule has 0 spiro atoms. The van der Waals surface area contributed by atoms with E-state index >= 15 is 0 Å². The van der Waals surface area contributed by atoms with E-state index < -0.39 is 6.35 Å². The molecule has 1 aliphatic heterocycles. The van der Waals surface area contributed by atoms with E-state index in [4.69, 9.17) is 11.6 Å². The van der Waals surface area contributed by atoms with Gasteiger partial charge in [0, 0.05) is 5.02 Å². The maximum Gasteiger partial charge on any atom is 0.257 e. The SMILES string of the molecule is O=C1NC(O)NC(c2ccccc2)=C1c1ccc(Cl)cc1. The fourth-order valence-corrected chi connectivity index (χ4v) is 2.41. The molecule has 1 atom stereocenters. The van der Waals surface area contributed by atoms with Crippen molar-refractivity contribution in [3.05, 3.63) is 70.7 Å². The molecule has 1 aliphatic rings. The Morgan fingerprint density at radius 2 is 1.57 bits per heavy atom. The van der Waals surface area contributed by atoms with Crippen LogP contribution in [0.4, 0.5) is 0 Å². The van der Waals surface area contributed by atoms with E-state index in [1.165, 1.54) is 0 Å². The van der Waals surface area contributed by atoms with Gasteiger partial charge in [-0.2, -0.15) is 0 Å². The van der Waals surface area contributed by atoms with Gasteiger partial charge in [0.1, 0.15) is 0 Å². The second-order valence-corrected chi connectivity index (χ2v) is 5.08. The third-order valence-electron chi connectivity index (χ3n) is 3.22. The highest BCUT2D eigenvalue weighted by Gasteiger charge is 2.26. The van der Waals surface area contributed by atoms with Crippen molar-refractivity contribution in [2.24, 2.45) is 0 Å². The van der Waals surface area contributed by atoms with E-state index in [0.717, 1.165) is 11.1 Å². The average molecular weight is 301 g/mol. The first-order valence-corrected chi connectivity index (χ1v) is 6.84.